The summed E-state index contributed by atoms with van der Waals surface area (Å²) in [6, 6.07) is 9.93. The number of nitrogens with zero attached hydrogens (tertiary/aromatic N) is 2. The molecule has 0 bridgehead atoms. The van der Waals surface area contributed by atoms with Crippen molar-refractivity contribution in [1.82, 2.24) is 15.0 Å². The van der Waals surface area contributed by atoms with E-state index in [0.717, 1.165) is 22.2 Å². The van der Waals surface area contributed by atoms with Crippen LogP contribution in [0.25, 0.3) is 22.2 Å². The van der Waals surface area contributed by atoms with Crippen molar-refractivity contribution in [1.29, 1.82) is 0 Å². The average Bonchev–Trinajstić information content (AvgIpc) is 2.90. The number of aromatic nitrogens is 3. The maximum atomic E-state index is 9.60. The van der Waals surface area contributed by atoms with Gasteiger partial charge in [-0.25, -0.2) is 9.97 Å². The first-order valence-electron chi connectivity index (χ1n) is 7.07. The number of ether oxygens (including phenoxy) is 1. The highest BCUT2D eigenvalue weighted by Gasteiger charge is 2.08. The lowest BCUT2D eigenvalue weighted by atomic mass is 10.1. The van der Waals surface area contributed by atoms with E-state index in [2.05, 4.69) is 25.8 Å². The van der Waals surface area contributed by atoms with Gasteiger partial charge in [0.2, 0.25) is 5.28 Å². The number of aromatic amines is 1. The molecule has 0 amide bonds. The molecule has 3 rings (SSSR count). The molecule has 0 fully saturated rings. The third-order valence-corrected chi connectivity index (χ3v) is 3.08. The first-order chi connectivity index (χ1) is 10.9. The maximum absolute atomic E-state index is 9.60. The first-order valence-corrected chi connectivity index (χ1v) is 7.45. The van der Waals surface area contributed by atoms with Crippen molar-refractivity contribution >= 4 is 29.0 Å². The largest absolute Gasteiger partial charge is 0.462 e. The Morgan fingerprint density at radius 2 is 1.96 bits per heavy atom. The number of rotatable bonds is 2. The Balaban J connectivity index is 0.000000236. The van der Waals surface area contributed by atoms with Crippen LogP contribution in [0.4, 0.5) is 0 Å². The van der Waals surface area contributed by atoms with Gasteiger partial charge >= 0.3 is 0 Å². The van der Waals surface area contributed by atoms with Crippen LogP contribution in [-0.4, -0.2) is 27.0 Å². The fourth-order valence-electron chi connectivity index (χ4n) is 1.91. The summed E-state index contributed by atoms with van der Waals surface area (Å²) < 4.78 is 4.55. The molecule has 1 aromatic carbocycles. The number of para-hydroxylation sites is 1. The lowest BCUT2D eigenvalue weighted by Crippen LogP contribution is -2.17. The van der Waals surface area contributed by atoms with E-state index in [-0.39, 0.29) is 10.9 Å². The minimum absolute atomic E-state index is 0.266. The number of benzene rings is 1. The fraction of sp³-hybridized carbons (Fsp3) is 0.235. The second-order valence-corrected chi connectivity index (χ2v) is 6.12. The molecule has 0 unspecified atom stereocenters. The van der Waals surface area contributed by atoms with Crippen LogP contribution in [0.3, 0.4) is 0 Å². The number of hydrogen-bond donors (Lipinski definition) is 1. The van der Waals surface area contributed by atoms with Crippen LogP contribution in [0.2, 0.25) is 5.28 Å². The molecule has 0 spiro atoms. The summed E-state index contributed by atoms with van der Waals surface area (Å²) in [4.78, 5) is 20.9. The van der Waals surface area contributed by atoms with E-state index >= 15 is 0 Å². The van der Waals surface area contributed by atoms with E-state index < -0.39 is 0 Å². The molecule has 0 saturated carbocycles. The van der Waals surface area contributed by atoms with Crippen LogP contribution in [0, 0.1) is 0 Å². The van der Waals surface area contributed by atoms with Gasteiger partial charge in [0.25, 0.3) is 6.47 Å². The molecule has 0 atom stereocenters. The van der Waals surface area contributed by atoms with Crippen LogP contribution < -0.4 is 0 Å². The van der Waals surface area contributed by atoms with Gasteiger partial charge in [-0.2, -0.15) is 0 Å². The lowest BCUT2D eigenvalue weighted by Gasteiger charge is -2.14. The second kappa shape index (κ2) is 7.24. The predicted octanol–water partition coefficient (Wildman–Crippen LogP) is 4.24. The third-order valence-electron chi connectivity index (χ3n) is 2.89. The molecular formula is C17H18ClN3O2. The van der Waals surface area contributed by atoms with E-state index in [4.69, 9.17) is 11.6 Å². The topological polar surface area (TPSA) is 67.9 Å². The number of carbonyl (C=O) groups is 1. The predicted molar refractivity (Wildman–Crippen MR) is 91.2 cm³/mol. The molecule has 0 aliphatic carbocycles. The van der Waals surface area contributed by atoms with E-state index in [9.17, 15) is 4.79 Å². The Hall–Kier alpha value is -2.40. The summed E-state index contributed by atoms with van der Waals surface area (Å²) in [6.45, 7) is 5.92. The quantitative estimate of drug-likeness (QED) is 0.563. The Bertz CT molecular complexity index is 794. The smallest absolute Gasteiger partial charge is 0.293 e. The molecule has 0 aliphatic heterocycles. The Labute approximate surface area is 139 Å². The summed E-state index contributed by atoms with van der Waals surface area (Å²) in [5.41, 5.74) is 2.64. The van der Waals surface area contributed by atoms with Gasteiger partial charge in [-0.15, -0.1) is 0 Å². The Morgan fingerprint density at radius 3 is 2.57 bits per heavy atom. The summed E-state index contributed by atoms with van der Waals surface area (Å²) in [7, 11) is 0. The number of hydrogen-bond acceptors (Lipinski definition) is 4. The van der Waals surface area contributed by atoms with Crippen LogP contribution in [0.15, 0.2) is 42.7 Å². The van der Waals surface area contributed by atoms with Crippen molar-refractivity contribution in [3.8, 4) is 11.3 Å². The highest BCUT2D eigenvalue weighted by atomic mass is 35.5. The zero-order valence-corrected chi connectivity index (χ0v) is 14.0. The lowest BCUT2D eigenvalue weighted by molar-refractivity contribution is -0.138. The summed E-state index contributed by atoms with van der Waals surface area (Å²) in [6.07, 6.45) is 3.59. The molecule has 6 heteroatoms. The molecule has 0 radical (unpaired) electrons. The summed E-state index contributed by atoms with van der Waals surface area (Å²) >= 11 is 5.78. The fourth-order valence-corrected chi connectivity index (χ4v) is 2.06. The van der Waals surface area contributed by atoms with Gasteiger partial charge in [-0.3, -0.25) is 4.79 Å². The van der Waals surface area contributed by atoms with Gasteiger partial charge in [-0.1, -0.05) is 18.2 Å². The van der Waals surface area contributed by atoms with E-state index in [0.29, 0.717) is 6.47 Å². The zero-order chi connectivity index (χ0) is 16.9. The molecular weight excluding hydrogens is 314 g/mol. The summed E-state index contributed by atoms with van der Waals surface area (Å²) in [5, 5.41) is 1.40. The van der Waals surface area contributed by atoms with Crippen molar-refractivity contribution in [3.63, 3.8) is 0 Å². The Morgan fingerprint density at radius 1 is 1.22 bits per heavy atom. The number of H-pyrrole nitrogens is 1. The van der Waals surface area contributed by atoms with Gasteiger partial charge in [0.15, 0.2) is 0 Å². The molecule has 120 valence electrons. The van der Waals surface area contributed by atoms with Gasteiger partial charge in [0, 0.05) is 28.9 Å². The molecule has 1 N–H and O–H groups in total. The van der Waals surface area contributed by atoms with Crippen LogP contribution >= 0.6 is 11.6 Å². The van der Waals surface area contributed by atoms with Crippen LogP contribution in [0.1, 0.15) is 20.8 Å². The molecule has 2 heterocycles. The number of halogens is 1. The number of nitrogens with one attached hydrogen (secondary N) is 1. The maximum Gasteiger partial charge on any atom is 0.293 e. The van der Waals surface area contributed by atoms with Gasteiger partial charge < -0.3 is 9.72 Å². The Kier molecular flexibility index (Phi) is 5.34. The summed E-state index contributed by atoms with van der Waals surface area (Å²) in [5.74, 6) is 0. The SMILES string of the molecule is CC(C)(C)OC=O.Clc1nccc(-c2c[nH]c3ccccc23)n1. The minimum Gasteiger partial charge on any atom is -0.462 e. The van der Waals surface area contributed by atoms with E-state index in [1.165, 1.54) is 0 Å². The first kappa shape index (κ1) is 17.0. The van der Waals surface area contributed by atoms with Gasteiger partial charge in [-0.05, 0) is 44.5 Å². The highest BCUT2D eigenvalue weighted by Crippen LogP contribution is 2.27. The molecule has 3 aromatic rings. The van der Waals surface area contributed by atoms with Crippen LogP contribution in [-0.2, 0) is 9.53 Å². The standard InChI is InChI=1S/C12H8ClN3.C5H10O2/c13-12-14-6-5-11(16-12)9-7-15-10-4-2-1-3-8(9)10;1-5(2,3)7-4-6/h1-7,15H;4H,1-3H3. The minimum atomic E-state index is -0.318. The number of fused-ring (bicyclic) bond motifs is 1. The van der Waals surface area contributed by atoms with Crippen molar-refractivity contribution in [2.75, 3.05) is 0 Å². The third kappa shape index (κ3) is 4.79. The van der Waals surface area contributed by atoms with Gasteiger partial charge in [0.1, 0.15) is 5.60 Å². The van der Waals surface area contributed by atoms with Gasteiger partial charge in [0.05, 0.1) is 5.69 Å². The normalized spacial score (nSPS) is 10.8. The molecule has 2 aromatic heterocycles. The average molecular weight is 332 g/mol. The van der Waals surface area contributed by atoms with E-state index in [1.54, 1.807) is 6.20 Å². The van der Waals surface area contributed by atoms with Crippen molar-refractivity contribution in [2.45, 2.75) is 26.4 Å². The number of carbonyl (C=O) groups excluding carboxylic acids is 1. The zero-order valence-electron chi connectivity index (χ0n) is 13.2. The molecule has 0 aliphatic rings. The molecule has 23 heavy (non-hydrogen) atoms. The van der Waals surface area contributed by atoms with Crippen molar-refractivity contribution in [2.24, 2.45) is 0 Å². The monoisotopic (exact) mass is 331 g/mol. The van der Waals surface area contributed by atoms with Crippen molar-refractivity contribution < 1.29 is 9.53 Å². The molecule has 0 saturated heterocycles. The van der Waals surface area contributed by atoms with Crippen molar-refractivity contribution in [3.05, 3.63) is 48.0 Å². The highest BCUT2D eigenvalue weighted by molar-refractivity contribution is 6.28. The second-order valence-electron chi connectivity index (χ2n) is 5.79. The van der Waals surface area contributed by atoms with E-state index in [1.807, 2.05) is 51.2 Å². The molecule has 5 nitrogen and oxygen atoms in total. The van der Waals surface area contributed by atoms with Crippen LogP contribution in [0.5, 0.6) is 0 Å².